The van der Waals surface area contributed by atoms with Crippen LogP contribution in [0.1, 0.15) is 17.0 Å². The van der Waals surface area contributed by atoms with Crippen molar-refractivity contribution < 1.29 is 19.4 Å². The van der Waals surface area contributed by atoms with Gasteiger partial charge in [0.25, 0.3) is 0 Å². The highest BCUT2D eigenvalue weighted by Crippen LogP contribution is 2.30. The van der Waals surface area contributed by atoms with Gasteiger partial charge in [-0.25, -0.2) is 0 Å². The SMILES string of the molecule is COc1ccc(C(Cc2cc(Br)ccc2OC)C(=O)O)cc1. The lowest BCUT2D eigenvalue weighted by molar-refractivity contribution is -0.138. The molecule has 0 aromatic heterocycles. The van der Waals surface area contributed by atoms with Crippen LogP contribution in [0.15, 0.2) is 46.9 Å². The summed E-state index contributed by atoms with van der Waals surface area (Å²) in [5, 5.41) is 9.56. The van der Waals surface area contributed by atoms with Gasteiger partial charge in [-0.1, -0.05) is 28.1 Å². The van der Waals surface area contributed by atoms with Crippen molar-refractivity contribution >= 4 is 21.9 Å². The fourth-order valence-corrected chi connectivity index (χ4v) is 2.72. The number of carboxylic acid groups (broad SMARTS) is 1. The van der Waals surface area contributed by atoms with Crippen LogP contribution in [0.4, 0.5) is 0 Å². The Kier molecular flexibility index (Phi) is 5.44. The van der Waals surface area contributed by atoms with Gasteiger partial charge in [-0.3, -0.25) is 4.79 Å². The van der Waals surface area contributed by atoms with Crippen molar-refractivity contribution in [2.45, 2.75) is 12.3 Å². The van der Waals surface area contributed by atoms with Crippen LogP contribution in [-0.2, 0) is 11.2 Å². The molecule has 0 radical (unpaired) electrons. The maximum atomic E-state index is 11.7. The van der Waals surface area contributed by atoms with Crippen molar-refractivity contribution in [3.63, 3.8) is 0 Å². The van der Waals surface area contributed by atoms with Crippen molar-refractivity contribution in [2.24, 2.45) is 0 Å². The third kappa shape index (κ3) is 3.80. The van der Waals surface area contributed by atoms with E-state index in [4.69, 9.17) is 9.47 Å². The average molecular weight is 365 g/mol. The molecule has 0 aliphatic rings. The van der Waals surface area contributed by atoms with Gasteiger partial charge in [-0.15, -0.1) is 0 Å². The van der Waals surface area contributed by atoms with Gasteiger partial charge >= 0.3 is 5.97 Å². The van der Waals surface area contributed by atoms with E-state index in [9.17, 15) is 9.90 Å². The lowest BCUT2D eigenvalue weighted by Crippen LogP contribution is -2.15. The Morgan fingerprint density at radius 1 is 1.14 bits per heavy atom. The van der Waals surface area contributed by atoms with Gasteiger partial charge in [-0.05, 0) is 47.9 Å². The van der Waals surface area contributed by atoms with Crippen LogP contribution in [0.5, 0.6) is 11.5 Å². The fourth-order valence-electron chi connectivity index (χ4n) is 2.31. The Balaban J connectivity index is 2.32. The van der Waals surface area contributed by atoms with Crippen LogP contribution < -0.4 is 9.47 Å². The Morgan fingerprint density at radius 3 is 2.36 bits per heavy atom. The first-order chi connectivity index (χ1) is 10.5. The summed E-state index contributed by atoms with van der Waals surface area (Å²) in [6.45, 7) is 0. The molecule has 0 saturated heterocycles. The molecule has 0 aliphatic heterocycles. The van der Waals surface area contributed by atoms with E-state index >= 15 is 0 Å². The number of hydrogen-bond donors (Lipinski definition) is 1. The van der Waals surface area contributed by atoms with Gasteiger partial charge in [0.1, 0.15) is 11.5 Å². The van der Waals surface area contributed by atoms with Crippen LogP contribution in [0.25, 0.3) is 0 Å². The monoisotopic (exact) mass is 364 g/mol. The second-order valence-corrected chi connectivity index (χ2v) is 5.74. The van der Waals surface area contributed by atoms with Crippen LogP contribution in [0.2, 0.25) is 0 Å². The zero-order chi connectivity index (χ0) is 16.1. The zero-order valence-corrected chi connectivity index (χ0v) is 14.0. The van der Waals surface area contributed by atoms with Gasteiger partial charge in [-0.2, -0.15) is 0 Å². The fraction of sp³-hybridized carbons (Fsp3) is 0.235. The first kappa shape index (κ1) is 16.4. The minimum Gasteiger partial charge on any atom is -0.497 e. The standard InChI is InChI=1S/C17H17BrO4/c1-21-14-6-3-11(4-7-14)15(17(19)20)10-12-9-13(18)5-8-16(12)22-2/h3-9,15H,10H2,1-2H3,(H,19,20). The van der Waals surface area contributed by atoms with Crippen LogP contribution >= 0.6 is 15.9 Å². The number of halogens is 1. The predicted molar refractivity (Wildman–Crippen MR) is 87.8 cm³/mol. The zero-order valence-electron chi connectivity index (χ0n) is 12.4. The number of carbonyl (C=O) groups is 1. The Bertz CT molecular complexity index is 652. The minimum atomic E-state index is -0.868. The molecule has 0 aliphatic carbocycles. The van der Waals surface area contributed by atoms with Gasteiger partial charge in [0.15, 0.2) is 0 Å². The lowest BCUT2D eigenvalue weighted by Gasteiger charge is -2.16. The van der Waals surface area contributed by atoms with Crippen LogP contribution in [0.3, 0.4) is 0 Å². The molecule has 0 spiro atoms. The first-order valence-electron chi connectivity index (χ1n) is 6.74. The lowest BCUT2D eigenvalue weighted by atomic mass is 9.91. The van der Waals surface area contributed by atoms with Gasteiger partial charge in [0.05, 0.1) is 20.1 Å². The quantitative estimate of drug-likeness (QED) is 0.844. The molecule has 0 bridgehead atoms. The molecule has 116 valence electrons. The first-order valence-corrected chi connectivity index (χ1v) is 7.53. The Hall–Kier alpha value is -2.01. The van der Waals surface area contributed by atoms with E-state index in [-0.39, 0.29) is 0 Å². The molecular weight excluding hydrogens is 348 g/mol. The Morgan fingerprint density at radius 2 is 1.82 bits per heavy atom. The molecule has 0 saturated carbocycles. The van der Waals surface area contributed by atoms with E-state index in [2.05, 4.69) is 15.9 Å². The van der Waals surface area contributed by atoms with Crippen molar-refractivity contribution in [3.8, 4) is 11.5 Å². The number of rotatable bonds is 6. The highest BCUT2D eigenvalue weighted by Gasteiger charge is 2.22. The summed E-state index contributed by atoms with van der Waals surface area (Å²) in [5.74, 6) is -0.128. The van der Waals surface area contributed by atoms with Crippen LogP contribution in [0, 0.1) is 0 Å². The summed E-state index contributed by atoms with van der Waals surface area (Å²) in [5.41, 5.74) is 1.58. The smallest absolute Gasteiger partial charge is 0.311 e. The van der Waals surface area contributed by atoms with Crippen molar-refractivity contribution in [2.75, 3.05) is 14.2 Å². The van der Waals surface area contributed by atoms with E-state index in [1.807, 2.05) is 18.2 Å². The molecule has 0 fully saturated rings. The second-order valence-electron chi connectivity index (χ2n) is 4.82. The summed E-state index contributed by atoms with van der Waals surface area (Å²) in [6, 6.07) is 12.7. The molecule has 1 atom stereocenters. The summed E-state index contributed by atoms with van der Waals surface area (Å²) in [4.78, 5) is 11.7. The summed E-state index contributed by atoms with van der Waals surface area (Å²) < 4.78 is 11.3. The van der Waals surface area contributed by atoms with E-state index in [0.717, 1.165) is 15.6 Å². The Labute approximate surface area is 137 Å². The third-order valence-electron chi connectivity index (χ3n) is 3.48. The minimum absolute atomic E-state index is 0.351. The van der Waals surface area contributed by atoms with E-state index in [1.54, 1.807) is 38.5 Å². The van der Waals surface area contributed by atoms with Crippen molar-refractivity contribution in [1.29, 1.82) is 0 Å². The highest BCUT2D eigenvalue weighted by molar-refractivity contribution is 9.10. The van der Waals surface area contributed by atoms with Gasteiger partial charge < -0.3 is 14.6 Å². The number of aliphatic carboxylic acids is 1. The molecule has 22 heavy (non-hydrogen) atoms. The van der Waals surface area contributed by atoms with Gasteiger partial charge in [0.2, 0.25) is 0 Å². The number of carboxylic acids is 1. The van der Waals surface area contributed by atoms with E-state index in [0.29, 0.717) is 17.9 Å². The van der Waals surface area contributed by atoms with E-state index in [1.165, 1.54) is 0 Å². The number of methoxy groups -OCH3 is 2. The second kappa shape index (κ2) is 7.31. The maximum absolute atomic E-state index is 11.7. The number of ether oxygens (including phenoxy) is 2. The molecule has 0 amide bonds. The molecule has 0 heterocycles. The van der Waals surface area contributed by atoms with Crippen molar-refractivity contribution in [1.82, 2.24) is 0 Å². The third-order valence-corrected chi connectivity index (χ3v) is 3.98. The van der Waals surface area contributed by atoms with Crippen molar-refractivity contribution in [3.05, 3.63) is 58.1 Å². The molecule has 1 N–H and O–H groups in total. The molecule has 4 nitrogen and oxygen atoms in total. The summed E-state index contributed by atoms with van der Waals surface area (Å²) >= 11 is 3.41. The van der Waals surface area contributed by atoms with E-state index < -0.39 is 11.9 Å². The highest BCUT2D eigenvalue weighted by atomic mass is 79.9. The largest absolute Gasteiger partial charge is 0.497 e. The summed E-state index contributed by atoms with van der Waals surface area (Å²) in [6.07, 6.45) is 0.351. The molecule has 2 aromatic carbocycles. The molecule has 2 aromatic rings. The molecular formula is C17H17BrO4. The molecule has 5 heteroatoms. The number of benzene rings is 2. The number of hydrogen-bond acceptors (Lipinski definition) is 3. The van der Waals surface area contributed by atoms with Gasteiger partial charge in [0, 0.05) is 4.47 Å². The maximum Gasteiger partial charge on any atom is 0.311 e. The predicted octanol–water partition coefficient (Wildman–Crippen LogP) is 3.88. The molecule has 2 rings (SSSR count). The van der Waals surface area contributed by atoms with Crippen LogP contribution in [-0.4, -0.2) is 25.3 Å². The normalized spacial score (nSPS) is 11.8. The average Bonchev–Trinajstić information content (AvgIpc) is 2.52. The summed E-state index contributed by atoms with van der Waals surface area (Å²) in [7, 11) is 3.16. The topological polar surface area (TPSA) is 55.8 Å². The molecule has 1 unspecified atom stereocenters.